The number of aromatic nitrogens is 2. The molecule has 0 radical (unpaired) electrons. The molecule has 8 nitrogen and oxygen atoms in total. The molecule has 2 aliphatic rings. The molecule has 3 aromatic rings. The van der Waals surface area contributed by atoms with E-state index >= 15 is 4.39 Å². The quantitative estimate of drug-likeness (QED) is 0.401. The van der Waals surface area contributed by atoms with Crippen LogP contribution in [0.4, 0.5) is 10.1 Å². The number of anilines is 1. The summed E-state index contributed by atoms with van der Waals surface area (Å²) in [6.45, 7) is 5.10. The smallest absolute Gasteiger partial charge is 0.276 e. The third kappa shape index (κ3) is 3.09. The Morgan fingerprint density at radius 2 is 2.06 bits per heavy atom. The second kappa shape index (κ2) is 7.42. The highest BCUT2D eigenvalue weighted by Gasteiger charge is 2.62. The van der Waals surface area contributed by atoms with Gasteiger partial charge in [0.15, 0.2) is 0 Å². The molecule has 5 rings (SSSR count). The van der Waals surface area contributed by atoms with Crippen molar-refractivity contribution in [1.82, 2.24) is 9.38 Å². The number of halogens is 2. The van der Waals surface area contributed by atoms with Crippen LogP contribution in [0.15, 0.2) is 41.5 Å². The van der Waals surface area contributed by atoms with Gasteiger partial charge in [-0.1, -0.05) is 11.6 Å². The lowest BCUT2D eigenvalue weighted by molar-refractivity contribution is 0.102. The minimum atomic E-state index is -3.19. The molecule has 5 N–H and O–H groups in total. The van der Waals surface area contributed by atoms with Gasteiger partial charge in [-0.25, -0.2) is 9.37 Å². The van der Waals surface area contributed by atoms with E-state index < -0.39 is 37.9 Å². The number of amides is 1. The van der Waals surface area contributed by atoms with Crippen LogP contribution in [0.3, 0.4) is 0 Å². The number of fused-ring (bicyclic) bond motifs is 3. The van der Waals surface area contributed by atoms with Crippen molar-refractivity contribution in [2.45, 2.75) is 49.1 Å². The second-order valence-electron chi connectivity index (χ2n) is 9.27. The number of hydrogen-bond acceptors (Lipinski definition) is 6. The lowest BCUT2D eigenvalue weighted by Crippen LogP contribution is -2.53. The van der Waals surface area contributed by atoms with Crippen LogP contribution in [0.1, 0.15) is 48.4 Å². The molecule has 1 amide bonds. The van der Waals surface area contributed by atoms with Crippen LogP contribution in [0, 0.1) is 12.7 Å². The topological polar surface area (TPSA) is 125 Å². The number of rotatable bonds is 3. The summed E-state index contributed by atoms with van der Waals surface area (Å²) in [7, 11) is -3.19. The Labute approximate surface area is 202 Å². The average molecular weight is 506 g/mol. The standard InChI is InChI=1S/C23H25ClFN5O3S/c1-12-19(28-18-7-4-13(24)11-30(12)18)20(31)27-14-5-6-16(25)15(10-14)23(3)17-8-9-22(2,21(26)29-23)34(17,32)33/h4-7,10-11,17,32-33H,8-9H2,1-3H3,(H2,26,29)(H,27,31)/t17-,22+,23-/m1/s1. The number of imidazole rings is 1. The highest BCUT2D eigenvalue weighted by atomic mass is 35.5. The first-order valence-electron chi connectivity index (χ1n) is 10.8. The van der Waals surface area contributed by atoms with Crippen molar-refractivity contribution in [2.75, 3.05) is 5.32 Å². The van der Waals surface area contributed by atoms with Gasteiger partial charge in [0.2, 0.25) is 0 Å². The predicted octanol–water partition coefficient (Wildman–Crippen LogP) is 4.95. The van der Waals surface area contributed by atoms with Gasteiger partial charge < -0.3 is 15.5 Å². The number of hydrogen-bond donors (Lipinski definition) is 4. The van der Waals surface area contributed by atoms with Gasteiger partial charge in [0.25, 0.3) is 5.91 Å². The van der Waals surface area contributed by atoms with Gasteiger partial charge in [-0.05, 0) is 63.9 Å². The highest BCUT2D eigenvalue weighted by molar-refractivity contribution is 8.26. The number of aryl methyl sites for hydroxylation is 1. The van der Waals surface area contributed by atoms with Crippen molar-refractivity contribution < 1.29 is 18.3 Å². The minimum absolute atomic E-state index is 0.108. The fraction of sp³-hybridized carbons (Fsp3) is 0.348. The zero-order chi connectivity index (χ0) is 24.6. The van der Waals surface area contributed by atoms with Gasteiger partial charge in [0, 0.05) is 17.4 Å². The molecule has 180 valence electrons. The van der Waals surface area contributed by atoms with Crippen LogP contribution >= 0.6 is 22.2 Å². The predicted molar refractivity (Wildman–Crippen MR) is 133 cm³/mol. The second-order valence-corrected chi connectivity index (χ2v) is 12.4. The molecule has 0 saturated carbocycles. The van der Waals surface area contributed by atoms with Crippen LogP contribution in [-0.4, -0.2) is 40.2 Å². The molecule has 0 aliphatic carbocycles. The van der Waals surface area contributed by atoms with E-state index in [9.17, 15) is 13.9 Å². The molecule has 4 heterocycles. The number of carbonyl (C=O) groups excluding carboxylic acids is 1. The Balaban J connectivity index is 1.52. The summed E-state index contributed by atoms with van der Waals surface area (Å²) in [5.74, 6) is -0.928. The van der Waals surface area contributed by atoms with Crippen LogP contribution in [-0.2, 0) is 5.54 Å². The summed E-state index contributed by atoms with van der Waals surface area (Å²) in [5.41, 5.74) is 6.74. The van der Waals surface area contributed by atoms with E-state index in [4.69, 9.17) is 17.3 Å². The molecule has 1 aromatic carbocycles. The molecule has 0 unspecified atom stereocenters. The Hall–Kier alpha value is -2.66. The van der Waals surface area contributed by atoms with E-state index in [-0.39, 0.29) is 17.1 Å². The maximum absolute atomic E-state index is 15.1. The maximum atomic E-state index is 15.1. The first kappa shape index (κ1) is 23.1. The van der Waals surface area contributed by atoms with Crippen LogP contribution in [0.25, 0.3) is 5.65 Å². The van der Waals surface area contributed by atoms with Crippen molar-refractivity contribution in [3.8, 4) is 0 Å². The highest BCUT2D eigenvalue weighted by Crippen LogP contribution is 2.71. The number of nitrogens with zero attached hydrogens (tertiary/aromatic N) is 3. The normalized spacial score (nSPS) is 28.6. The summed E-state index contributed by atoms with van der Waals surface area (Å²) >= 11 is 6.06. The first-order chi connectivity index (χ1) is 15.9. The van der Waals surface area contributed by atoms with Gasteiger partial charge in [-0.3, -0.25) is 18.9 Å². The fourth-order valence-electron chi connectivity index (χ4n) is 5.12. The average Bonchev–Trinajstić information content (AvgIpc) is 3.18. The van der Waals surface area contributed by atoms with Crippen molar-refractivity contribution in [3.63, 3.8) is 0 Å². The summed E-state index contributed by atoms with van der Waals surface area (Å²) < 4.78 is 37.9. The fourth-order valence-corrected chi connectivity index (χ4v) is 7.95. The lowest BCUT2D eigenvalue weighted by Gasteiger charge is -2.54. The number of aliphatic imine (C=N–C) groups is 1. The monoisotopic (exact) mass is 505 g/mol. The Kier molecular flexibility index (Phi) is 5.04. The molecule has 3 atom stereocenters. The van der Waals surface area contributed by atoms with E-state index in [0.717, 1.165) is 0 Å². The Morgan fingerprint density at radius 3 is 2.79 bits per heavy atom. The molecule has 11 heteroatoms. The molecular weight excluding hydrogens is 481 g/mol. The molecule has 2 aliphatic heterocycles. The van der Waals surface area contributed by atoms with E-state index in [1.54, 1.807) is 43.5 Å². The molecule has 1 saturated heterocycles. The number of pyridine rings is 1. The van der Waals surface area contributed by atoms with Crippen molar-refractivity contribution in [3.05, 3.63) is 64.3 Å². The van der Waals surface area contributed by atoms with Crippen molar-refractivity contribution in [1.29, 1.82) is 0 Å². The zero-order valence-electron chi connectivity index (χ0n) is 18.8. The molecular formula is C23H25ClFN5O3S. The van der Waals surface area contributed by atoms with Crippen LogP contribution < -0.4 is 11.1 Å². The van der Waals surface area contributed by atoms with Crippen molar-refractivity contribution >= 4 is 45.3 Å². The van der Waals surface area contributed by atoms with Gasteiger partial charge in [-0.15, -0.1) is 0 Å². The number of benzene rings is 1. The molecule has 2 aromatic heterocycles. The lowest BCUT2D eigenvalue weighted by atomic mass is 9.86. The minimum Gasteiger partial charge on any atom is -0.386 e. The summed E-state index contributed by atoms with van der Waals surface area (Å²) in [4.78, 5) is 22.0. The zero-order valence-corrected chi connectivity index (χ0v) is 20.4. The maximum Gasteiger partial charge on any atom is 0.276 e. The SMILES string of the molecule is Cc1c(C(=O)Nc2ccc(F)c([C@@]3(C)N=C(N)[C@]4(C)CC[C@H]3S4(O)O)c2)nc2ccc(Cl)cn12. The number of carbonyl (C=O) groups is 1. The third-order valence-electron chi connectivity index (χ3n) is 7.27. The van der Waals surface area contributed by atoms with Gasteiger partial charge in [0.1, 0.15) is 33.3 Å². The van der Waals surface area contributed by atoms with Crippen LogP contribution in [0.5, 0.6) is 0 Å². The first-order valence-corrected chi connectivity index (χ1v) is 12.8. The molecule has 34 heavy (non-hydrogen) atoms. The molecule has 0 spiro atoms. The Bertz CT molecular complexity index is 1390. The van der Waals surface area contributed by atoms with E-state index in [1.165, 1.54) is 18.2 Å². The number of amidine groups is 1. The summed E-state index contributed by atoms with van der Waals surface area (Å²) in [6, 6.07) is 7.54. The number of nitrogens with two attached hydrogens (primary N) is 1. The van der Waals surface area contributed by atoms with E-state index in [2.05, 4.69) is 15.3 Å². The van der Waals surface area contributed by atoms with Crippen LogP contribution in [0.2, 0.25) is 5.02 Å². The van der Waals surface area contributed by atoms with Crippen molar-refractivity contribution in [2.24, 2.45) is 10.7 Å². The molecule has 1 fully saturated rings. The van der Waals surface area contributed by atoms with E-state index in [1.807, 2.05) is 0 Å². The van der Waals surface area contributed by atoms with E-state index in [0.29, 0.717) is 34.9 Å². The van der Waals surface area contributed by atoms with Gasteiger partial charge in [0.05, 0.1) is 16.0 Å². The largest absolute Gasteiger partial charge is 0.386 e. The summed E-state index contributed by atoms with van der Waals surface area (Å²) in [5, 5.41) is 2.59. The van der Waals surface area contributed by atoms with Gasteiger partial charge >= 0.3 is 0 Å². The third-order valence-corrected chi connectivity index (χ3v) is 10.7. The Morgan fingerprint density at radius 1 is 1.32 bits per heavy atom. The summed E-state index contributed by atoms with van der Waals surface area (Å²) in [6.07, 6.45) is 2.57. The van der Waals surface area contributed by atoms with Gasteiger partial charge in [-0.2, -0.15) is 10.6 Å². The molecule has 2 bridgehead atoms. The number of nitrogens with one attached hydrogen (secondary N) is 1.